The lowest BCUT2D eigenvalue weighted by atomic mass is 9.88. The van der Waals surface area contributed by atoms with Crippen molar-refractivity contribution in [2.75, 3.05) is 0 Å². The zero-order valence-corrected chi connectivity index (χ0v) is 12.9. The highest BCUT2D eigenvalue weighted by Gasteiger charge is 2.14. The molecule has 22 heavy (non-hydrogen) atoms. The molecular weight excluding hydrogens is 268 g/mol. The van der Waals surface area contributed by atoms with Crippen molar-refractivity contribution >= 4 is 32.3 Å². The number of aryl methyl sites for hydroxylation is 2. The van der Waals surface area contributed by atoms with Crippen molar-refractivity contribution in [1.29, 1.82) is 0 Å². The summed E-state index contributed by atoms with van der Waals surface area (Å²) in [7, 11) is 0. The van der Waals surface area contributed by atoms with Gasteiger partial charge in [-0.2, -0.15) is 0 Å². The van der Waals surface area contributed by atoms with E-state index < -0.39 is 0 Å². The van der Waals surface area contributed by atoms with Crippen molar-refractivity contribution in [2.45, 2.75) is 20.5 Å². The molecular formula is C21H18O. The third kappa shape index (κ3) is 1.69. The molecule has 0 amide bonds. The summed E-state index contributed by atoms with van der Waals surface area (Å²) in [6.07, 6.45) is 0. The molecule has 1 N–H and O–H groups in total. The van der Waals surface area contributed by atoms with Crippen LogP contribution in [-0.4, -0.2) is 5.11 Å². The molecule has 0 saturated carbocycles. The molecule has 0 bridgehead atoms. The quantitative estimate of drug-likeness (QED) is 0.374. The third-order valence-electron chi connectivity index (χ3n) is 4.77. The molecule has 0 heterocycles. The minimum atomic E-state index is 0.0646. The Morgan fingerprint density at radius 3 is 2.00 bits per heavy atom. The molecule has 0 spiro atoms. The minimum Gasteiger partial charge on any atom is -0.392 e. The zero-order chi connectivity index (χ0) is 15.3. The maximum atomic E-state index is 9.99. The van der Waals surface area contributed by atoms with Crippen molar-refractivity contribution < 1.29 is 5.11 Å². The Morgan fingerprint density at radius 1 is 0.727 bits per heavy atom. The Hall–Kier alpha value is -2.38. The van der Waals surface area contributed by atoms with Gasteiger partial charge in [-0.3, -0.25) is 0 Å². The summed E-state index contributed by atoms with van der Waals surface area (Å²) in [5.41, 5.74) is 3.58. The monoisotopic (exact) mass is 286 g/mol. The van der Waals surface area contributed by atoms with E-state index in [0.29, 0.717) is 0 Å². The molecule has 1 nitrogen and oxygen atoms in total. The van der Waals surface area contributed by atoms with Gasteiger partial charge in [-0.05, 0) is 62.9 Å². The topological polar surface area (TPSA) is 20.2 Å². The second-order valence-corrected chi connectivity index (χ2v) is 5.97. The lowest BCUT2D eigenvalue weighted by molar-refractivity contribution is 0.285. The SMILES string of the molecule is Cc1cc2c(CO)c3ccccc3c(C)c2c2ccccc12. The van der Waals surface area contributed by atoms with Gasteiger partial charge in [0.15, 0.2) is 0 Å². The van der Waals surface area contributed by atoms with Crippen LogP contribution in [0.2, 0.25) is 0 Å². The van der Waals surface area contributed by atoms with Gasteiger partial charge in [0.2, 0.25) is 0 Å². The van der Waals surface area contributed by atoms with E-state index in [0.717, 1.165) is 10.9 Å². The van der Waals surface area contributed by atoms with Crippen LogP contribution in [0.4, 0.5) is 0 Å². The molecule has 0 aliphatic carbocycles. The number of hydrogen-bond acceptors (Lipinski definition) is 1. The van der Waals surface area contributed by atoms with E-state index in [1.807, 2.05) is 6.07 Å². The van der Waals surface area contributed by atoms with Gasteiger partial charge < -0.3 is 5.11 Å². The first-order chi connectivity index (χ1) is 10.7. The van der Waals surface area contributed by atoms with Gasteiger partial charge in [0, 0.05) is 0 Å². The molecule has 4 rings (SSSR count). The fraction of sp³-hybridized carbons (Fsp3) is 0.143. The van der Waals surface area contributed by atoms with E-state index in [-0.39, 0.29) is 6.61 Å². The molecule has 108 valence electrons. The van der Waals surface area contributed by atoms with Gasteiger partial charge in [0.1, 0.15) is 0 Å². The fourth-order valence-corrected chi connectivity index (χ4v) is 3.72. The molecule has 0 saturated heterocycles. The molecule has 0 aromatic heterocycles. The summed E-state index contributed by atoms with van der Waals surface area (Å²) in [5, 5.41) is 17.4. The molecule has 0 atom stereocenters. The number of hydrogen-bond donors (Lipinski definition) is 1. The molecule has 1 heteroatoms. The van der Waals surface area contributed by atoms with Crippen LogP contribution < -0.4 is 0 Å². The van der Waals surface area contributed by atoms with Crippen LogP contribution in [0.25, 0.3) is 32.3 Å². The molecule has 4 aromatic carbocycles. The fourth-order valence-electron chi connectivity index (χ4n) is 3.72. The summed E-state index contributed by atoms with van der Waals surface area (Å²) in [5.74, 6) is 0. The molecule has 0 unspecified atom stereocenters. The third-order valence-corrected chi connectivity index (χ3v) is 4.77. The van der Waals surface area contributed by atoms with Gasteiger partial charge in [0.05, 0.1) is 6.61 Å². The van der Waals surface area contributed by atoms with Crippen LogP contribution in [0, 0.1) is 13.8 Å². The second kappa shape index (κ2) is 4.82. The summed E-state index contributed by atoms with van der Waals surface area (Å²) >= 11 is 0. The first-order valence-corrected chi connectivity index (χ1v) is 7.65. The van der Waals surface area contributed by atoms with Gasteiger partial charge in [-0.25, -0.2) is 0 Å². The lowest BCUT2D eigenvalue weighted by Crippen LogP contribution is -1.94. The van der Waals surface area contributed by atoms with Crippen molar-refractivity contribution in [3.63, 3.8) is 0 Å². The summed E-state index contributed by atoms with van der Waals surface area (Å²) < 4.78 is 0. The molecule has 0 aliphatic rings. The van der Waals surface area contributed by atoms with Crippen molar-refractivity contribution in [3.8, 4) is 0 Å². The van der Waals surface area contributed by atoms with Crippen LogP contribution in [0.3, 0.4) is 0 Å². The average Bonchev–Trinajstić information content (AvgIpc) is 2.55. The predicted octanol–water partition coefficient (Wildman–Crippen LogP) is 5.26. The Bertz CT molecular complexity index is 1030. The molecule has 0 fully saturated rings. The average molecular weight is 286 g/mol. The number of aliphatic hydroxyl groups excluding tert-OH is 1. The smallest absolute Gasteiger partial charge is 0.0693 e. The molecule has 0 aliphatic heterocycles. The molecule has 0 radical (unpaired) electrons. The Balaban J connectivity index is 2.39. The minimum absolute atomic E-state index is 0.0646. The standard InChI is InChI=1S/C21H18O/c1-13-11-19-20(12-22)17-9-5-4-8-16(17)14(2)21(19)18-10-6-3-7-15(13)18/h3-11,22H,12H2,1-2H3. The summed E-state index contributed by atoms with van der Waals surface area (Å²) in [6, 6.07) is 19.1. The van der Waals surface area contributed by atoms with Crippen molar-refractivity contribution in [1.82, 2.24) is 0 Å². The Labute approximate surface area is 129 Å². The zero-order valence-electron chi connectivity index (χ0n) is 12.9. The Morgan fingerprint density at radius 2 is 1.32 bits per heavy atom. The van der Waals surface area contributed by atoms with Crippen molar-refractivity contribution in [2.24, 2.45) is 0 Å². The largest absolute Gasteiger partial charge is 0.392 e. The van der Waals surface area contributed by atoms with E-state index in [2.05, 4.69) is 62.4 Å². The van der Waals surface area contributed by atoms with Gasteiger partial charge in [-0.15, -0.1) is 0 Å². The van der Waals surface area contributed by atoms with Crippen LogP contribution in [-0.2, 0) is 6.61 Å². The number of fused-ring (bicyclic) bond motifs is 4. The maximum Gasteiger partial charge on any atom is 0.0693 e. The van der Waals surface area contributed by atoms with Crippen LogP contribution in [0.5, 0.6) is 0 Å². The molecule has 4 aromatic rings. The van der Waals surface area contributed by atoms with Gasteiger partial charge >= 0.3 is 0 Å². The van der Waals surface area contributed by atoms with Crippen LogP contribution in [0.15, 0.2) is 54.6 Å². The van der Waals surface area contributed by atoms with Crippen LogP contribution >= 0.6 is 0 Å². The summed E-state index contributed by atoms with van der Waals surface area (Å²) in [6.45, 7) is 4.40. The highest BCUT2D eigenvalue weighted by atomic mass is 16.3. The van der Waals surface area contributed by atoms with E-state index in [1.165, 1.54) is 38.1 Å². The Kier molecular flexibility index (Phi) is 2.91. The number of rotatable bonds is 1. The van der Waals surface area contributed by atoms with E-state index in [9.17, 15) is 5.11 Å². The van der Waals surface area contributed by atoms with E-state index >= 15 is 0 Å². The number of benzene rings is 4. The normalized spacial score (nSPS) is 11.6. The second-order valence-electron chi connectivity index (χ2n) is 5.97. The predicted molar refractivity (Wildman–Crippen MR) is 94.4 cm³/mol. The maximum absolute atomic E-state index is 9.99. The lowest BCUT2D eigenvalue weighted by Gasteiger charge is -2.16. The summed E-state index contributed by atoms with van der Waals surface area (Å²) in [4.78, 5) is 0. The van der Waals surface area contributed by atoms with E-state index in [1.54, 1.807) is 0 Å². The highest BCUT2D eigenvalue weighted by molar-refractivity contribution is 6.17. The first kappa shape index (κ1) is 13.3. The highest BCUT2D eigenvalue weighted by Crippen LogP contribution is 2.38. The van der Waals surface area contributed by atoms with Crippen molar-refractivity contribution in [3.05, 3.63) is 71.3 Å². The van der Waals surface area contributed by atoms with E-state index in [4.69, 9.17) is 0 Å². The first-order valence-electron chi connectivity index (χ1n) is 7.65. The van der Waals surface area contributed by atoms with Gasteiger partial charge in [-0.1, -0.05) is 54.6 Å². The van der Waals surface area contributed by atoms with Crippen LogP contribution in [0.1, 0.15) is 16.7 Å². The van der Waals surface area contributed by atoms with Gasteiger partial charge in [0.25, 0.3) is 0 Å². The number of aliphatic hydroxyl groups is 1.